The molecular weight excluding hydrogens is 264 g/mol. The SMILES string of the molecule is Cc1cc(Br)c2oc(=S)cc(O)c2c1. The van der Waals surface area contributed by atoms with Crippen molar-refractivity contribution >= 4 is 39.1 Å². The number of hydrogen-bond acceptors (Lipinski definition) is 3. The van der Waals surface area contributed by atoms with Crippen molar-refractivity contribution in [1.82, 2.24) is 0 Å². The van der Waals surface area contributed by atoms with Crippen molar-refractivity contribution in [3.8, 4) is 5.75 Å². The van der Waals surface area contributed by atoms with Crippen LogP contribution in [-0.2, 0) is 0 Å². The van der Waals surface area contributed by atoms with E-state index < -0.39 is 0 Å². The molecule has 72 valence electrons. The number of rotatable bonds is 0. The van der Waals surface area contributed by atoms with Gasteiger partial charge in [0.05, 0.1) is 9.86 Å². The summed E-state index contributed by atoms with van der Waals surface area (Å²) in [5, 5.41) is 10.3. The zero-order chi connectivity index (χ0) is 10.3. The molecule has 0 saturated carbocycles. The summed E-state index contributed by atoms with van der Waals surface area (Å²) in [6, 6.07) is 5.21. The van der Waals surface area contributed by atoms with Crippen LogP contribution in [0.25, 0.3) is 11.0 Å². The fraction of sp³-hybridized carbons (Fsp3) is 0.100. The molecule has 1 aromatic carbocycles. The number of aryl methyl sites for hydroxylation is 1. The van der Waals surface area contributed by atoms with Crippen LogP contribution in [0.5, 0.6) is 5.75 Å². The van der Waals surface area contributed by atoms with Crippen LogP contribution in [0.15, 0.2) is 27.1 Å². The molecule has 0 aliphatic heterocycles. The molecule has 0 atom stereocenters. The number of fused-ring (bicyclic) bond motifs is 1. The van der Waals surface area contributed by atoms with E-state index in [1.54, 1.807) is 0 Å². The minimum atomic E-state index is 0.153. The molecule has 2 rings (SSSR count). The Morgan fingerprint density at radius 2 is 2.07 bits per heavy atom. The first kappa shape index (κ1) is 9.68. The normalized spacial score (nSPS) is 10.7. The predicted octanol–water partition coefficient (Wildman–Crippen LogP) is 3.94. The van der Waals surface area contributed by atoms with Gasteiger partial charge >= 0.3 is 0 Å². The van der Waals surface area contributed by atoms with E-state index in [1.165, 1.54) is 6.07 Å². The number of hydrogen-bond donors (Lipinski definition) is 1. The highest BCUT2D eigenvalue weighted by Crippen LogP contribution is 2.31. The molecule has 0 saturated heterocycles. The second kappa shape index (κ2) is 3.37. The Labute approximate surface area is 94.3 Å². The molecule has 2 nitrogen and oxygen atoms in total. The average Bonchev–Trinajstić information content (AvgIpc) is 2.07. The van der Waals surface area contributed by atoms with Gasteiger partial charge in [-0.3, -0.25) is 0 Å². The van der Waals surface area contributed by atoms with Crippen molar-refractivity contribution in [2.45, 2.75) is 6.92 Å². The average molecular weight is 271 g/mol. The smallest absolute Gasteiger partial charge is 0.194 e. The summed E-state index contributed by atoms with van der Waals surface area (Å²) in [6.45, 7) is 1.95. The van der Waals surface area contributed by atoms with Crippen LogP contribution in [0.2, 0.25) is 0 Å². The quantitative estimate of drug-likeness (QED) is 0.737. The van der Waals surface area contributed by atoms with Crippen LogP contribution < -0.4 is 0 Å². The zero-order valence-corrected chi connectivity index (χ0v) is 9.78. The van der Waals surface area contributed by atoms with Gasteiger partial charge in [-0.05, 0) is 52.8 Å². The van der Waals surface area contributed by atoms with E-state index in [9.17, 15) is 5.11 Å². The van der Waals surface area contributed by atoms with Gasteiger partial charge in [0, 0.05) is 6.07 Å². The third-order valence-corrected chi connectivity index (χ3v) is 2.71. The van der Waals surface area contributed by atoms with Crippen molar-refractivity contribution in [3.05, 3.63) is 32.9 Å². The van der Waals surface area contributed by atoms with Crippen molar-refractivity contribution < 1.29 is 9.52 Å². The molecule has 2 aromatic rings. The summed E-state index contributed by atoms with van der Waals surface area (Å²) in [4.78, 5) is 0. The highest BCUT2D eigenvalue weighted by molar-refractivity contribution is 9.10. The fourth-order valence-corrected chi connectivity index (χ4v) is 2.19. The second-order valence-corrected chi connectivity index (χ2v) is 4.33. The first-order chi connectivity index (χ1) is 6.58. The Morgan fingerprint density at radius 1 is 1.36 bits per heavy atom. The lowest BCUT2D eigenvalue weighted by atomic mass is 10.1. The Hall–Kier alpha value is -0.870. The van der Waals surface area contributed by atoms with E-state index in [-0.39, 0.29) is 10.5 Å². The van der Waals surface area contributed by atoms with Gasteiger partial charge in [-0.1, -0.05) is 0 Å². The lowest BCUT2D eigenvalue weighted by Gasteiger charge is -2.03. The summed E-state index contributed by atoms with van der Waals surface area (Å²) < 4.78 is 6.41. The van der Waals surface area contributed by atoms with Crippen LogP contribution in [0, 0.1) is 11.6 Å². The van der Waals surface area contributed by atoms with E-state index >= 15 is 0 Å². The molecule has 0 fully saturated rings. The lowest BCUT2D eigenvalue weighted by Crippen LogP contribution is -1.79. The van der Waals surface area contributed by atoms with Crippen molar-refractivity contribution in [2.75, 3.05) is 0 Å². The standard InChI is InChI=1S/C10H7BrO2S/c1-5-2-6-8(12)4-9(14)13-10(6)7(11)3-5/h2-4,12H,1H3. The minimum Gasteiger partial charge on any atom is -0.507 e. The van der Waals surface area contributed by atoms with E-state index in [4.69, 9.17) is 16.6 Å². The molecule has 1 N–H and O–H groups in total. The van der Waals surface area contributed by atoms with Gasteiger partial charge in [0.2, 0.25) is 0 Å². The van der Waals surface area contributed by atoms with Gasteiger partial charge < -0.3 is 9.52 Å². The van der Waals surface area contributed by atoms with Crippen LogP contribution in [-0.4, -0.2) is 5.11 Å². The monoisotopic (exact) mass is 270 g/mol. The second-order valence-electron chi connectivity index (χ2n) is 3.07. The van der Waals surface area contributed by atoms with Crippen LogP contribution in [0.1, 0.15) is 5.56 Å². The van der Waals surface area contributed by atoms with E-state index in [2.05, 4.69) is 15.9 Å². The minimum absolute atomic E-state index is 0.153. The Balaban J connectivity index is 3.01. The molecule has 14 heavy (non-hydrogen) atoms. The van der Waals surface area contributed by atoms with Gasteiger partial charge in [-0.25, -0.2) is 0 Å². The van der Waals surface area contributed by atoms with E-state index in [0.29, 0.717) is 11.0 Å². The van der Waals surface area contributed by atoms with Crippen LogP contribution >= 0.6 is 28.1 Å². The van der Waals surface area contributed by atoms with Crippen LogP contribution in [0.3, 0.4) is 0 Å². The highest BCUT2D eigenvalue weighted by Gasteiger charge is 2.06. The zero-order valence-electron chi connectivity index (χ0n) is 7.37. The molecule has 0 unspecified atom stereocenters. The Kier molecular flexibility index (Phi) is 2.33. The van der Waals surface area contributed by atoms with Crippen molar-refractivity contribution in [2.24, 2.45) is 0 Å². The number of aromatic hydroxyl groups is 1. The molecule has 0 aliphatic carbocycles. The van der Waals surface area contributed by atoms with Gasteiger partial charge in [-0.15, -0.1) is 0 Å². The van der Waals surface area contributed by atoms with Crippen molar-refractivity contribution in [3.63, 3.8) is 0 Å². The Morgan fingerprint density at radius 3 is 2.79 bits per heavy atom. The summed E-state index contributed by atoms with van der Waals surface area (Å²) in [6.07, 6.45) is 0. The predicted molar refractivity (Wildman–Crippen MR) is 61.1 cm³/mol. The maximum Gasteiger partial charge on any atom is 0.194 e. The van der Waals surface area contributed by atoms with Gasteiger partial charge in [0.25, 0.3) is 0 Å². The molecule has 0 amide bonds. The summed E-state index contributed by atoms with van der Waals surface area (Å²) in [5.41, 5.74) is 1.63. The number of halogens is 1. The summed E-state index contributed by atoms with van der Waals surface area (Å²) >= 11 is 8.24. The molecule has 0 aliphatic rings. The van der Waals surface area contributed by atoms with Gasteiger partial charge in [-0.2, -0.15) is 0 Å². The third kappa shape index (κ3) is 1.55. The van der Waals surface area contributed by atoms with E-state index in [0.717, 1.165) is 10.0 Å². The first-order valence-electron chi connectivity index (χ1n) is 4.01. The molecular formula is C10H7BrO2S. The van der Waals surface area contributed by atoms with Crippen LogP contribution in [0.4, 0.5) is 0 Å². The number of benzene rings is 1. The largest absolute Gasteiger partial charge is 0.507 e. The molecule has 1 heterocycles. The molecule has 4 heteroatoms. The highest BCUT2D eigenvalue weighted by atomic mass is 79.9. The maximum atomic E-state index is 9.65. The maximum absolute atomic E-state index is 9.65. The van der Waals surface area contributed by atoms with Gasteiger partial charge in [0.1, 0.15) is 5.75 Å². The fourth-order valence-electron chi connectivity index (χ4n) is 1.34. The van der Waals surface area contributed by atoms with Crippen molar-refractivity contribution in [1.29, 1.82) is 0 Å². The molecule has 1 aromatic heterocycles. The topological polar surface area (TPSA) is 33.4 Å². The van der Waals surface area contributed by atoms with E-state index in [1.807, 2.05) is 19.1 Å². The summed E-state index contributed by atoms with van der Waals surface area (Å²) in [5.74, 6) is 0.153. The van der Waals surface area contributed by atoms with Gasteiger partial charge in [0.15, 0.2) is 10.3 Å². The molecule has 0 radical (unpaired) electrons. The lowest BCUT2D eigenvalue weighted by molar-refractivity contribution is 0.471. The first-order valence-corrected chi connectivity index (χ1v) is 5.21. The molecule has 0 bridgehead atoms. The Bertz CT molecular complexity index is 560. The summed E-state index contributed by atoms with van der Waals surface area (Å²) in [7, 11) is 0. The third-order valence-electron chi connectivity index (χ3n) is 1.92. The molecule has 0 spiro atoms.